The van der Waals surface area contributed by atoms with E-state index in [-0.39, 0.29) is 23.2 Å². The zero-order valence-electron chi connectivity index (χ0n) is 21.8. The van der Waals surface area contributed by atoms with E-state index in [0.717, 1.165) is 41.2 Å². The van der Waals surface area contributed by atoms with Crippen molar-refractivity contribution in [2.24, 2.45) is 17.8 Å². The van der Waals surface area contributed by atoms with Gasteiger partial charge in [0, 0.05) is 40.5 Å². The van der Waals surface area contributed by atoms with E-state index in [4.69, 9.17) is 0 Å². The van der Waals surface area contributed by atoms with Crippen LogP contribution in [0.5, 0.6) is 0 Å². The number of hydrogen-bond donors (Lipinski definition) is 1. The topological polar surface area (TPSA) is 54.3 Å². The zero-order chi connectivity index (χ0) is 25.7. The van der Waals surface area contributed by atoms with Gasteiger partial charge >= 0.3 is 4.87 Å². The summed E-state index contributed by atoms with van der Waals surface area (Å²) in [6.07, 6.45) is 3.91. The van der Waals surface area contributed by atoms with Crippen molar-refractivity contribution in [1.82, 2.24) is 4.57 Å². The quantitative estimate of drug-likeness (QED) is 0.384. The summed E-state index contributed by atoms with van der Waals surface area (Å²) < 4.78 is 1.75. The van der Waals surface area contributed by atoms with Gasteiger partial charge in [-0.2, -0.15) is 0 Å². The van der Waals surface area contributed by atoms with Crippen LogP contribution in [0.4, 0.5) is 11.4 Å². The van der Waals surface area contributed by atoms with Crippen LogP contribution in [0.2, 0.25) is 0 Å². The van der Waals surface area contributed by atoms with Crippen molar-refractivity contribution in [3.8, 4) is 0 Å². The Morgan fingerprint density at radius 1 is 1.08 bits per heavy atom. The number of carbonyl (C=O) groups is 1. The maximum absolute atomic E-state index is 13.3. The van der Waals surface area contributed by atoms with E-state index in [1.165, 1.54) is 46.7 Å². The maximum Gasteiger partial charge on any atom is 0.308 e. The Morgan fingerprint density at radius 2 is 1.84 bits per heavy atom. The third-order valence-electron chi connectivity index (χ3n) is 8.68. The molecule has 3 aromatic rings. The van der Waals surface area contributed by atoms with Crippen molar-refractivity contribution in [2.45, 2.75) is 62.8 Å². The molecule has 3 aliphatic rings. The highest BCUT2D eigenvalue weighted by Gasteiger charge is 2.55. The fourth-order valence-corrected chi connectivity index (χ4v) is 10.2. The highest BCUT2D eigenvalue weighted by Crippen LogP contribution is 2.64. The second-order valence-corrected chi connectivity index (χ2v) is 12.9. The van der Waals surface area contributed by atoms with Gasteiger partial charge in [-0.1, -0.05) is 35.6 Å². The summed E-state index contributed by atoms with van der Waals surface area (Å²) in [6.45, 7) is 8.43. The summed E-state index contributed by atoms with van der Waals surface area (Å²) >= 11 is 3.25. The first-order chi connectivity index (χ1) is 18.0. The van der Waals surface area contributed by atoms with Crippen LogP contribution < -0.4 is 15.1 Å². The molecule has 2 fully saturated rings. The molecule has 2 heterocycles. The van der Waals surface area contributed by atoms with Gasteiger partial charge in [0.25, 0.3) is 0 Å². The average molecular weight is 534 g/mol. The molecule has 2 aromatic carbocycles. The van der Waals surface area contributed by atoms with Crippen molar-refractivity contribution in [3.63, 3.8) is 0 Å². The van der Waals surface area contributed by atoms with Gasteiger partial charge in [-0.3, -0.25) is 14.2 Å². The number of rotatable bonds is 7. The number of anilines is 2. The molecule has 1 amide bonds. The molecule has 0 radical (unpaired) electrons. The Kier molecular flexibility index (Phi) is 6.70. The lowest BCUT2D eigenvalue weighted by Crippen LogP contribution is -2.35. The minimum absolute atomic E-state index is 0.0195. The number of hydrogen-bond acceptors (Lipinski definition) is 5. The molecule has 1 aromatic heterocycles. The molecule has 2 bridgehead atoms. The van der Waals surface area contributed by atoms with Gasteiger partial charge < -0.3 is 10.2 Å². The van der Waals surface area contributed by atoms with E-state index in [9.17, 15) is 9.59 Å². The van der Waals surface area contributed by atoms with E-state index in [1.54, 1.807) is 4.57 Å². The Morgan fingerprint density at radius 3 is 2.57 bits per heavy atom. The average Bonchev–Trinajstić information content (AvgIpc) is 3.58. The van der Waals surface area contributed by atoms with Crippen molar-refractivity contribution in [1.29, 1.82) is 0 Å². The Labute approximate surface area is 227 Å². The maximum atomic E-state index is 13.3. The SMILES string of the molecule is CCN(CC)c1ccc(C2c3sc(=O)n(CC(=O)Nc4cccc(C)c4)c3SC3C4CCC(C4)C23)cc1. The second-order valence-electron chi connectivity index (χ2n) is 10.8. The van der Waals surface area contributed by atoms with Crippen molar-refractivity contribution < 1.29 is 4.79 Å². The minimum atomic E-state index is -0.149. The summed E-state index contributed by atoms with van der Waals surface area (Å²) in [4.78, 5) is 29.9. The highest BCUT2D eigenvalue weighted by molar-refractivity contribution is 8.00. The van der Waals surface area contributed by atoms with Gasteiger partial charge in [-0.25, -0.2) is 0 Å². The molecule has 5 unspecified atom stereocenters. The van der Waals surface area contributed by atoms with Crippen molar-refractivity contribution in [2.75, 3.05) is 23.3 Å². The van der Waals surface area contributed by atoms with E-state index in [0.29, 0.717) is 11.2 Å². The molecule has 2 aliphatic carbocycles. The third kappa shape index (κ3) is 4.44. The van der Waals surface area contributed by atoms with Crippen LogP contribution >= 0.6 is 23.1 Å². The number of thiazole rings is 1. The van der Waals surface area contributed by atoms with E-state index >= 15 is 0 Å². The first-order valence-corrected chi connectivity index (χ1v) is 15.3. The van der Waals surface area contributed by atoms with Crippen LogP contribution in [0.3, 0.4) is 0 Å². The highest BCUT2D eigenvalue weighted by atomic mass is 32.2. The molecule has 5 atom stereocenters. The number of aryl methyl sites for hydroxylation is 1. The first kappa shape index (κ1) is 24.8. The van der Waals surface area contributed by atoms with Crippen LogP contribution in [-0.2, 0) is 11.3 Å². The fourth-order valence-electron chi connectivity index (χ4n) is 7.01. The van der Waals surface area contributed by atoms with Crippen LogP contribution in [0, 0.1) is 24.7 Å². The molecule has 1 aliphatic heterocycles. The van der Waals surface area contributed by atoms with Gasteiger partial charge in [0.15, 0.2) is 0 Å². The molecule has 37 heavy (non-hydrogen) atoms. The van der Waals surface area contributed by atoms with Gasteiger partial charge in [0.2, 0.25) is 5.91 Å². The van der Waals surface area contributed by atoms with Gasteiger partial charge in [0.1, 0.15) is 6.54 Å². The predicted octanol–water partition coefficient (Wildman–Crippen LogP) is 6.36. The van der Waals surface area contributed by atoms with Crippen molar-refractivity contribution in [3.05, 3.63) is 74.2 Å². The van der Waals surface area contributed by atoms with E-state index in [1.807, 2.05) is 43.0 Å². The minimum Gasteiger partial charge on any atom is -0.372 e. The molecular weight excluding hydrogens is 498 g/mol. The van der Waals surface area contributed by atoms with E-state index < -0.39 is 0 Å². The molecule has 5 nitrogen and oxygen atoms in total. The smallest absolute Gasteiger partial charge is 0.308 e. The lowest BCUT2D eigenvalue weighted by molar-refractivity contribution is -0.116. The van der Waals surface area contributed by atoms with Crippen LogP contribution in [-0.4, -0.2) is 28.8 Å². The molecule has 7 heteroatoms. The molecule has 1 N–H and O–H groups in total. The normalized spacial score (nSPS) is 25.5. The second kappa shape index (κ2) is 9.99. The number of carbonyl (C=O) groups excluding carboxylic acids is 1. The standard InChI is InChI=1S/C30H35N3O2S2/c1-4-32(5-2)23-13-11-19(12-14-23)25-26-20-9-10-21(16-20)27(26)36-29-28(25)37-30(35)33(29)17-24(34)31-22-8-6-7-18(3)15-22/h6-8,11-15,20-21,25-27H,4-5,9-10,16-17H2,1-3H3,(H,31,34). The molecule has 0 saturated heterocycles. The van der Waals surface area contributed by atoms with Crippen molar-refractivity contribution >= 4 is 40.4 Å². The predicted molar refractivity (Wildman–Crippen MR) is 154 cm³/mol. The number of nitrogens with zero attached hydrogens (tertiary/aromatic N) is 2. The van der Waals surface area contributed by atoms with Crippen LogP contribution in [0.25, 0.3) is 0 Å². The molecule has 6 rings (SSSR count). The van der Waals surface area contributed by atoms with E-state index in [2.05, 4.69) is 48.3 Å². The fraction of sp³-hybridized carbons (Fsp3) is 0.467. The van der Waals surface area contributed by atoms with Crippen LogP contribution in [0.15, 0.2) is 58.4 Å². The third-order valence-corrected chi connectivity index (χ3v) is 11.5. The number of benzene rings is 2. The summed E-state index contributed by atoms with van der Waals surface area (Å²) in [6, 6.07) is 16.9. The summed E-state index contributed by atoms with van der Waals surface area (Å²) in [5, 5.41) is 4.55. The molecule has 2 saturated carbocycles. The Bertz CT molecular complexity index is 1360. The monoisotopic (exact) mass is 533 g/mol. The number of aromatic nitrogens is 1. The Balaban J connectivity index is 1.35. The number of fused-ring (bicyclic) bond motifs is 6. The van der Waals surface area contributed by atoms with Gasteiger partial charge in [-0.05, 0) is 93.2 Å². The molecule has 194 valence electrons. The Hall–Kier alpha value is -2.51. The van der Waals surface area contributed by atoms with Gasteiger partial charge in [-0.15, -0.1) is 11.8 Å². The lowest BCUT2D eigenvalue weighted by Gasteiger charge is -2.40. The van der Waals surface area contributed by atoms with Crippen LogP contribution in [0.1, 0.15) is 55.0 Å². The van der Waals surface area contributed by atoms with Gasteiger partial charge in [0.05, 0.1) is 5.03 Å². The molecule has 0 spiro atoms. The number of nitrogens with one attached hydrogen (secondary N) is 1. The molecular formula is C30H35N3O2S2. The summed E-state index contributed by atoms with van der Waals surface area (Å²) in [7, 11) is 0. The number of amides is 1. The lowest BCUT2D eigenvalue weighted by atomic mass is 9.75. The largest absolute Gasteiger partial charge is 0.372 e. The number of thioether (sulfide) groups is 1. The first-order valence-electron chi connectivity index (χ1n) is 13.6. The zero-order valence-corrected chi connectivity index (χ0v) is 23.4. The summed E-state index contributed by atoms with van der Waals surface area (Å²) in [5.74, 6) is 2.11. The summed E-state index contributed by atoms with van der Waals surface area (Å²) in [5.41, 5.74) is 4.43.